The molecule has 2 amide bonds. The fraction of sp³-hybridized carbons (Fsp3) is 0.346. The Balaban J connectivity index is 1.31. The van der Waals surface area contributed by atoms with Crippen LogP contribution in [0.2, 0.25) is 0 Å². The van der Waals surface area contributed by atoms with E-state index in [2.05, 4.69) is 24.0 Å². The third-order valence-electron chi connectivity index (χ3n) is 8.57. The Hall–Kier alpha value is -3.24. The standard InChI is InChI=1S/C26H21N3O5S2/c1-11-4-2-3-5-14(11)17-18-15-10-16(21(18)35-23-22(17)36-26(32)27-23)20-19(15)24(30)28(25(20)31)12-6-8-13(9-7-12)29(33)34/h2-9,15-21H,10H2,1H3,(H,27,32)/t15?,16?,17-,18?,19?,20?,21?/m1/s1. The number of fused-ring (bicyclic) bond motifs is 9. The van der Waals surface area contributed by atoms with Crippen molar-refractivity contribution in [1.82, 2.24) is 4.98 Å². The van der Waals surface area contributed by atoms with Gasteiger partial charge < -0.3 is 4.98 Å². The smallest absolute Gasteiger partial charge is 0.305 e. The van der Waals surface area contributed by atoms with Gasteiger partial charge in [0.2, 0.25) is 11.8 Å². The number of H-pyrrole nitrogens is 1. The number of anilines is 1. The number of carbonyl (C=O) groups is 2. The average molecular weight is 520 g/mol. The van der Waals surface area contributed by atoms with Gasteiger partial charge in [0.1, 0.15) is 0 Å². The first-order chi connectivity index (χ1) is 17.3. The second kappa shape index (κ2) is 7.63. The van der Waals surface area contributed by atoms with Gasteiger partial charge in [-0.15, -0.1) is 11.8 Å². The van der Waals surface area contributed by atoms with Crippen molar-refractivity contribution in [2.45, 2.75) is 29.5 Å². The number of carbonyl (C=O) groups excluding carboxylic acids is 2. The topological polar surface area (TPSA) is 113 Å². The van der Waals surface area contributed by atoms with Gasteiger partial charge >= 0.3 is 4.87 Å². The molecular weight excluding hydrogens is 498 g/mol. The van der Waals surface area contributed by atoms with Crippen molar-refractivity contribution < 1.29 is 14.5 Å². The van der Waals surface area contributed by atoms with Gasteiger partial charge in [-0.05, 0) is 54.4 Å². The van der Waals surface area contributed by atoms with Gasteiger partial charge in [-0.1, -0.05) is 35.6 Å². The van der Waals surface area contributed by atoms with E-state index in [4.69, 9.17) is 0 Å². The highest BCUT2D eigenvalue weighted by Gasteiger charge is 2.69. The molecule has 1 saturated heterocycles. The lowest BCUT2D eigenvalue weighted by Crippen LogP contribution is -2.42. The summed E-state index contributed by atoms with van der Waals surface area (Å²) in [5.74, 6) is -0.976. The van der Waals surface area contributed by atoms with Gasteiger partial charge in [0.05, 0.1) is 27.5 Å². The van der Waals surface area contributed by atoms with Gasteiger partial charge in [-0.3, -0.25) is 29.4 Å². The number of benzene rings is 2. The SMILES string of the molecule is Cc1ccccc1[C@H]1c2sc(=O)[nH]c2SC2C3CC(C4C(=O)N(c5ccc([N+](=O)[O-])cc5)C(=O)C34)C21. The predicted molar refractivity (Wildman–Crippen MR) is 135 cm³/mol. The van der Waals surface area contributed by atoms with E-state index in [1.165, 1.54) is 46.1 Å². The number of non-ortho nitro benzene ring substituents is 1. The molecular formula is C26H21N3O5S2. The van der Waals surface area contributed by atoms with Gasteiger partial charge in [-0.25, -0.2) is 0 Å². The highest BCUT2D eigenvalue weighted by molar-refractivity contribution is 8.00. The summed E-state index contributed by atoms with van der Waals surface area (Å²) in [6.45, 7) is 2.08. The first-order valence-corrected chi connectivity index (χ1v) is 13.6. The van der Waals surface area contributed by atoms with E-state index in [-0.39, 0.29) is 51.3 Å². The summed E-state index contributed by atoms with van der Waals surface area (Å²) in [6.07, 6.45) is 0.824. The maximum atomic E-state index is 13.8. The number of amides is 2. The molecule has 3 heterocycles. The number of rotatable bonds is 3. The molecule has 182 valence electrons. The highest BCUT2D eigenvalue weighted by Crippen LogP contribution is 2.68. The second-order valence-corrected chi connectivity index (χ2v) is 12.3. The molecule has 36 heavy (non-hydrogen) atoms. The van der Waals surface area contributed by atoms with Crippen molar-refractivity contribution in [2.24, 2.45) is 29.6 Å². The van der Waals surface area contributed by atoms with Crippen molar-refractivity contribution in [1.29, 1.82) is 0 Å². The molecule has 3 aromatic rings. The number of nitro benzene ring substituents is 1. The van der Waals surface area contributed by atoms with E-state index in [1.807, 2.05) is 12.1 Å². The molecule has 7 atom stereocenters. The Kier molecular flexibility index (Phi) is 4.66. The van der Waals surface area contributed by atoms with E-state index >= 15 is 0 Å². The molecule has 8 nitrogen and oxygen atoms in total. The van der Waals surface area contributed by atoms with Gasteiger partial charge in [0, 0.05) is 28.2 Å². The van der Waals surface area contributed by atoms with E-state index in [9.17, 15) is 24.5 Å². The molecule has 2 aliphatic carbocycles. The maximum Gasteiger partial charge on any atom is 0.305 e. The van der Waals surface area contributed by atoms with E-state index < -0.39 is 16.8 Å². The summed E-state index contributed by atoms with van der Waals surface area (Å²) in [7, 11) is 0. The second-order valence-electron chi connectivity index (χ2n) is 10.1. The summed E-state index contributed by atoms with van der Waals surface area (Å²) in [5, 5.41) is 12.1. The molecule has 2 aromatic carbocycles. The van der Waals surface area contributed by atoms with Crippen LogP contribution in [-0.2, 0) is 9.59 Å². The minimum atomic E-state index is -0.497. The number of hydrogen-bond acceptors (Lipinski definition) is 7. The molecule has 2 saturated carbocycles. The summed E-state index contributed by atoms with van der Waals surface area (Å²) in [6, 6.07) is 13.9. The lowest BCUT2D eigenvalue weighted by atomic mass is 9.67. The molecule has 2 aliphatic heterocycles. The highest BCUT2D eigenvalue weighted by atomic mass is 32.2. The summed E-state index contributed by atoms with van der Waals surface area (Å²) in [4.78, 5) is 55.6. The number of thiazole rings is 1. The van der Waals surface area contributed by atoms with Crippen molar-refractivity contribution in [3.8, 4) is 0 Å². The molecule has 6 unspecified atom stereocenters. The number of aromatic amines is 1. The molecule has 4 aliphatic rings. The van der Waals surface area contributed by atoms with Crippen molar-refractivity contribution >= 4 is 46.3 Å². The lowest BCUT2D eigenvalue weighted by molar-refractivity contribution is -0.384. The monoisotopic (exact) mass is 519 g/mol. The lowest BCUT2D eigenvalue weighted by Gasteiger charge is -2.43. The van der Waals surface area contributed by atoms with Gasteiger partial charge in [-0.2, -0.15) is 0 Å². The fourth-order valence-corrected chi connectivity index (χ4v) is 10.2. The number of nitro groups is 1. The molecule has 7 rings (SSSR count). The van der Waals surface area contributed by atoms with Crippen LogP contribution in [-0.4, -0.2) is 27.0 Å². The van der Waals surface area contributed by atoms with Crippen LogP contribution in [0.3, 0.4) is 0 Å². The van der Waals surface area contributed by atoms with Gasteiger partial charge in [0.25, 0.3) is 5.69 Å². The van der Waals surface area contributed by atoms with Gasteiger partial charge in [0.15, 0.2) is 0 Å². The van der Waals surface area contributed by atoms with Crippen molar-refractivity contribution in [3.05, 3.63) is 84.3 Å². The zero-order valence-electron chi connectivity index (χ0n) is 19.1. The molecule has 0 radical (unpaired) electrons. The number of nitrogens with zero attached hydrogens (tertiary/aromatic N) is 2. The minimum absolute atomic E-state index is 0.00340. The normalized spacial score (nSPS) is 31.9. The fourth-order valence-electron chi connectivity index (χ4n) is 7.28. The third kappa shape index (κ3) is 2.85. The van der Waals surface area contributed by atoms with Crippen LogP contribution >= 0.6 is 23.1 Å². The Bertz CT molecular complexity index is 1510. The number of aryl methyl sites for hydroxylation is 1. The summed E-state index contributed by atoms with van der Waals surface area (Å²) in [5.41, 5.74) is 2.64. The van der Waals surface area contributed by atoms with E-state index in [0.29, 0.717) is 5.69 Å². The van der Waals surface area contributed by atoms with Crippen LogP contribution in [0.1, 0.15) is 28.3 Å². The van der Waals surface area contributed by atoms with E-state index in [0.717, 1.165) is 21.9 Å². The summed E-state index contributed by atoms with van der Waals surface area (Å²) < 4.78 is 0. The van der Waals surface area contributed by atoms with Crippen LogP contribution < -0.4 is 9.77 Å². The molecule has 2 bridgehead atoms. The maximum absolute atomic E-state index is 13.8. The Morgan fingerprint density at radius 1 is 1.00 bits per heavy atom. The number of thioether (sulfide) groups is 1. The quantitative estimate of drug-likeness (QED) is 0.313. The van der Waals surface area contributed by atoms with E-state index in [1.54, 1.807) is 11.8 Å². The van der Waals surface area contributed by atoms with Crippen LogP contribution in [0.25, 0.3) is 0 Å². The minimum Gasteiger partial charge on any atom is -0.307 e. The summed E-state index contributed by atoms with van der Waals surface area (Å²) >= 11 is 2.92. The third-order valence-corrected chi connectivity index (χ3v) is 11.2. The zero-order valence-corrected chi connectivity index (χ0v) is 20.8. The number of hydrogen-bond donors (Lipinski definition) is 1. The van der Waals surface area contributed by atoms with Crippen LogP contribution in [0.4, 0.5) is 11.4 Å². The Labute approximate surface area is 213 Å². The molecule has 10 heteroatoms. The molecule has 3 fully saturated rings. The number of nitrogens with one attached hydrogen (secondary N) is 1. The number of aromatic nitrogens is 1. The van der Waals surface area contributed by atoms with Crippen LogP contribution in [0.5, 0.6) is 0 Å². The predicted octanol–water partition coefficient (Wildman–Crippen LogP) is 4.33. The Morgan fingerprint density at radius 2 is 1.69 bits per heavy atom. The molecule has 1 aromatic heterocycles. The zero-order chi connectivity index (χ0) is 24.9. The first-order valence-electron chi connectivity index (χ1n) is 11.9. The number of imide groups is 1. The molecule has 0 spiro atoms. The van der Waals surface area contributed by atoms with Crippen LogP contribution in [0, 0.1) is 46.6 Å². The average Bonchev–Trinajstić information content (AvgIpc) is 3.58. The van der Waals surface area contributed by atoms with Crippen molar-refractivity contribution in [3.63, 3.8) is 0 Å². The first kappa shape index (κ1) is 22.0. The largest absolute Gasteiger partial charge is 0.307 e. The Morgan fingerprint density at radius 3 is 2.39 bits per heavy atom. The van der Waals surface area contributed by atoms with Crippen LogP contribution in [0.15, 0.2) is 58.4 Å². The van der Waals surface area contributed by atoms with Crippen molar-refractivity contribution in [2.75, 3.05) is 4.90 Å². The molecule has 1 N–H and O–H groups in total.